The lowest BCUT2D eigenvalue weighted by Crippen LogP contribution is -2.50. The van der Waals surface area contributed by atoms with E-state index in [0.717, 1.165) is 57.9 Å². The maximum Gasteiger partial charge on any atom is 0.225 e. The second-order valence-electron chi connectivity index (χ2n) is 8.11. The summed E-state index contributed by atoms with van der Waals surface area (Å²) < 4.78 is 5.54. The van der Waals surface area contributed by atoms with Gasteiger partial charge in [-0.15, -0.1) is 24.0 Å². The molecule has 1 heterocycles. The number of aliphatic hydroxyl groups excluding tert-OH is 1. The first kappa shape index (κ1) is 26.4. The molecule has 170 valence electrons. The van der Waals surface area contributed by atoms with E-state index in [4.69, 9.17) is 4.74 Å². The minimum absolute atomic E-state index is 0. The standard InChI is InChI=1S/C21H40N4O3.HI/c1-4-17(5-2)20(27)25-11-9-18(10-12-25)24-21(22-6-3)23-13-19(26)15-28-14-16-7-8-16;/h16-19,26H,4-15H2,1-3H3,(H2,22,23,24);1H. The molecule has 1 amide bonds. The van der Waals surface area contributed by atoms with E-state index in [-0.39, 0.29) is 29.9 Å². The van der Waals surface area contributed by atoms with Gasteiger partial charge in [0.25, 0.3) is 0 Å². The molecule has 0 aromatic carbocycles. The molecule has 0 bridgehead atoms. The van der Waals surface area contributed by atoms with Gasteiger partial charge in [0.1, 0.15) is 0 Å². The summed E-state index contributed by atoms with van der Waals surface area (Å²) in [6, 6.07) is 0.298. The predicted octanol–water partition coefficient (Wildman–Crippen LogP) is 2.37. The third kappa shape index (κ3) is 9.83. The van der Waals surface area contributed by atoms with Crippen LogP contribution in [0.2, 0.25) is 0 Å². The van der Waals surface area contributed by atoms with Crippen molar-refractivity contribution in [2.75, 3.05) is 39.4 Å². The number of hydrogen-bond acceptors (Lipinski definition) is 4. The van der Waals surface area contributed by atoms with Crippen LogP contribution in [-0.2, 0) is 9.53 Å². The molecule has 0 aromatic rings. The SMILES string of the molecule is CCNC(=NCC(O)COCC1CC1)NC1CCN(C(=O)C(CC)CC)CC1.I. The van der Waals surface area contributed by atoms with Crippen molar-refractivity contribution in [3.05, 3.63) is 0 Å². The minimum Gasteiger partial charge on any atom is -0.389 e. The Bertz CT molecular complexity index is 490. The van der Waals surface area contributed by atoms with E-state index in [1.54, 1.807) is 0 Å². The molecular weight excluding hydrogens is 483 g/mol. The Morgan fingerprint density at radius 1 is 1.17 bits per heavy atom. The van der Waals surface area contributed by atoms with E-state index in [2.05, 4.69) is 29.5 Å². The largest absolute Gasteiger partial charge is 0.389 e. The molecule has 0 spiro atoms. The van der Waals surface area contributed by atoms with Crippen LogP contribution in [0.1, 0.15) is 59.3 Å². The van der Waals surface area contributed by atoms with Crippen molar-refractivity contribution in [2.24, 2.45) is 16.8 Å². The number of hydrogen-bond donors (Lipinski definition) is 3. The first-order chi connectivity index (χ1) is 13.6. The normalized spacial score (nSPS) is 19.1. The summed E-state index contributed by atoms with van der Waals surface area (Å²) in [5.41, 5.74) is 0. The van der Waals surface area contributed by atoms with Crippen LogP contribution in [0.3, 0.4) is 0 Å². The summed E-state index contributed by atoms with van der Waals surface area (Å²) in [6.45, 7) is 9.99. The van der Waals surface area contributed by atoms with Crippen molar-refractivity contribution in [1.82, 2.24) is 15.5 Å². The van der Waals surface area contributed by atoms with Crippen LogP contribution in [0, 0.1) is 11.8 Å². The van der Waals surface area contributed by atoms with Crippen molar-refractivity contribution < 1.29 is 14.6 Å². The van der Waals surface area contributed by atoms with Gasteiger partial charge < -0.3 is 25.4 Å². The Hall–Kier alpha value is -0.610. The maximum atomic E-state index is 12.5. The maximum absolute atomic E-state index is 12.5. The Balaban J connectivity index is 0.00000420. The van der Waals surface area contributed by atoms with Gasteiger partial charge in [-0.1, -0.05) is 13.8 Å². The average molecular weight is 524 g/mol. The predicted molar refractivity (Wildman–Crippen MR) is 128 cm³/mol. The summed E-state index contributed by atoms with van der Waals surface area (Å²) >= 11 is 0. The van der Waals surface area contributed by atoms with Gasteiger partial charge in [0, 0.05) is 38.2 Å². The first-order valence-electron chi connectivity index (χ1n) is 11.2. The fourth-order valence-electron chi connectivity index (χ4n) is 3.56. The molecule has 1 unspecified atom stereocenters. The fourth-order valence-corrected chi connectivity index (χ4v) is 3.56. The molecule has 1 aliphatic carbocycles. The van der Waals surface area contributed by atoms with Gasteiger partial charge in [-0.05, 0) is 51.4 Å². The summed E-state index contributed by atoms with van der Waals surface area (Å²) in [6.07, 6.45) is 5.60. The number of aliphatic imine (C=N–C) groups is 1. The topological polar surface area (TPSA) is 86.2 Å². The molecule has 2 fully saturated rings. The van der Waals surface area contributed by atoms with Crippen molar-refractivity contribution in [3.8, 4) is 0 Å². The number of piperidine rings is 1. The lowest BCUT2D eigenvalue weighted by atomic mass is 9.98. The van der Waals surface area contributed by atoms with Gasteiger partial charge in [0.05, 0.1) is 19.3 Å². The molecule has 29 heavy (non-hydrogen) atoms. The second kappa shape index (κ2) is 14.4. The quantitative estimate of drug-likeness (QED) is 0.220. The summed E-state index contributed by atoms with van der Waals surface area (Å²) in [4.78, 5) is 19.1. The van der Waals surface area contributed by atoms with E-state index in [1.807, 2.05) is 11.8 Å². The Morgan fingerprint density at radius 2 is 1.83 bits per heavy atom. The van der Waals surface area contributed by atoms with Gasteiger partial charge in [-0.2, -0.15) is 0 Å². The zero-order chi connectivity index (χ0) is 20.4. The number of nitrogens with zero attached hydrogens (tertiary/aromatic N) is 2. The van der Waals surface area contributed by atoms with Crippen LogP contribution in [0.5, 0.6) is 0 Å². The Morgan fingerprint density at radius 3 is 2.38 bits per heavy atom. The zero-order valence-electron chi connectivity index (χ0n) is 18.4. The van der Waals surface area contributed by atoms with Crippen LogP contribution in [0.15, 0.2) is 4.99 Å². The van der Waals surface area contributed by atoms with Gasteiger partial charge >= 0.3 is 0 Å². The fraction of sp³-hybridized carbons (Fsp3) is 0.905. The van der Waals surface area contributed by atoms with Crippen molar-refractivity contribution in [1.29, 1.82) is 0 Å². The number of halogens is 1. The minimum atomic E-state index is -0.575. The van der Waals surface area contributed by atoms with E-state index in [9.17, 15) is 9.90 Å². The third-order valence-corrected chi connectivity index (χ3v) is 5.65. The summed E-state index contributed by atoms with van der Waals surface area (Å²) in [5, 5.41) is 16.8. The van der Waals surface area contributed by atoms with Crippen molar-refractivity contribution in [3.63, 3.8) is 0 Å². The summed E-state index contributed by atoms with van der Waals surface area (Å²) in [5.74, 6) is 1.90. The lowest BCUT2D eigenvalue weighted by molar-refractivity contribution is -0.136. The molecule has 7 nitrogen and oxygen atoms in total. The third-order valence-electron chi connectivity index (χ3n) is 5.65. The molecule has 2 aliphatic rings. The highest BCUT2D eigenvalue weighted by Crippen LogP contribution is 2.28. The Labute approximate surface area is 193 Å². The molecule has 2 rings (SSSR count). The van der Waals surface area contributed by atoms with Crippen molar-refractivity contribution >= 4 is 35.8 Å². The molecule has 1 aliphatic heterocycles. The first-order valence-corrected chi connectivity index (χ1v) is 11.2. The number of carbonyl (C=O) groups is 1. The molecular formula is C21H41IN4O3. The second-order valence-corrected chi connectivity index (χ2v) is 8.11. The van der Waals surface area contributed by atoms with Crippen molar-refractivity contribution in [2.45, 2.75) is 71.4 Å². The molecule has 1 saturated carbocycles. The van der Waals surface area contributed by atoms with E-state index in [1.165, 1.54) is 12.8 Å². The number of amides is 1. The van der Waals surface area contributed by atoms with Gasteiger partial charge in [0.2, 0.25) is 5.91 Å². The molecule has 3 N–H and O–H groups in total. The number of carbonyl (C=O) groups excluding carboxylic acids is 1. The van der Waals surface area contributed by atoms with Crippen LogP contribution in [-0.4, -0.2) is 73.4 Å². The highest BCUT2D eigenvalue weighted by atomic mass is 127. The van der Waals surface area contributed by atoms with Crippen LogP contribution in [0.25, 0.3) is 0 Å². The van der Waals surface area contributed by atoms with E-state index in [0.29, 0.717) is 31.0 Å². The average Bonchev–Trinajstić information content (AvgIpc) is 3.52. The summed E-state index contributed by atoms with van der Waals surface area (Å²) in [7, 11) is 0. The van der Waals surface area contributed by atoms with Gasteiger partial charge in [0.15, 0.2) is 5.96 Å². The number of likely N-dealkylation sites (tertiary alicyclic amines) is 1. The Kier molecular flexibility index (Phi) is 13.1. The molecule has 0 radical (unpaired) electrons. The molecule has 1 saturated heterocycles. The lowest BCUT2D eigenvalue weighted by Gasteiger charge is -2.35. The van der Waals surface area contributed by atoms with E-state index < -0.39 is 6.10 Å². The number of guanidine groups is 1. The number of aliphatic hydroxyl groups is 1. The molecule has 1 atom stereocenters. The number of nitrogens with one attached hydrogen (secondary N) is 2. The van der Waals surface area contributed by atoms with Crippen LogP contribution < -0.4 is 10.6 Å². The van der Waals surface area contributed by atoms with Gasteiger partial charge in [-0.25, -0.2) is 0 Å². The molecule has 0 aromatic heterocycles. The van der Waals surface area contributed by atoms with E-state index >= 15 is 0 Å². The molecule has 8 heteroatoms. The van der Waals surface area contributed by atoms with Gasteiger partial charge in [-0.3, -0.25) is 9.79 Å². The number of ether oxygens (including phenoxy) is 1. The highest BCUT2D eigenvalue weighted by molar-refractivity contribution is 14.0. The van der Waals surface area contributed by atoms with Crippen LogP contribution >= 0.6 is 24.0 Å². The number of rotatable bonds is 11. The zero-order valence-corrected chi connectivity index (χ0v) is 20.7. The highest BCUT2D eigenvalue weighted by Gasteiger charge is 2.27. The van der Waals surface area contributed by atoms with Crippen LogP contribution in [0.4, 0.5) is 0 Å². The monoisotopic (exact) mass is 524 g/mol. The smallest absolute Gasteiger partial charge is 0.225 e.